The number of nitrogens with zero attached hydrogens (tertiary/aromatic N) is 1. The average Bonchev–Trinajstić information content (AvgIpc) is 3.05. The van der Waals surface area contributed by atoms with Crippen LogP contribution in [-0.2, 0) is 11.3 Å². The SMILES string of the molecule is CCN(Cc1cccs1)C(=O)CNC(=O)c1ccc(C)c(C)c1. The molecule has 0 aliphatic heterocycles. The maximum absolute atomic E-state index is 12.3. The first-order valence-electron chi connectivity index (χ1n) is 7.67. The molecule has 1 aromatic heterocycles. The lowest BCUT2D eigenvalue weighted by molar-refractivity contribution is -0.130. The Labute approximate surface area is 141 Å². The standard InChI is InChI=1S/C18H22N2O2S/c1-4-20(12-16-6-5-9-23-16)17(21)11-19-18(22)15-8-7-13(2)14(3)10-15/h5-10H,4,11-12H2,1-3H3,(H,19,22). The smallest absolute Gasteiger partial charge is 0.251 e. The number of hydrogen-bond acceptors (Lipinski definition) is 3. The Morgan fingerprint density at radius 1 is 1.17 bits per heavy atom. The van der Waals surface area contributed by atoms with Crippen LogP contribution in [0.2, 0.25) is 0 Å². The van der Waals surface area contributed by atoms with Gasteiger partial charge in [0, 0.05) is 17.0 Å². The van der Waals surface area contributed by atoms with Crippen molar-refractivity contribution in [2.75, 3.05) is 13.1 Å². The molecule has 122 valence electrons. The van der Waals surface area contributed by atoms with E-state index in [1.54, 1.807) is 22.3 Å². The Bertz CT molecular complexity index is 680. The third-order valence-corrected chi connectivity index (χ3v) is 4.69. The third kappa shape index (κ3) is 4.66. The number of hydrogen-bond donors (Lipinski definition) is 1. The van der Waals surface area contributed by atoms with Gasteiger partial charge in [0.05, 0.1) is 13.1 Å². The molecule has 5 heteroatoms. The van der Waals surface area contributed by atoms with Crippen LogP contribution >= 0.6 is 11.3 Å². The zero-order chi connectivity index (χ0) is 16.8. The lowest BCUT2D eigenvalue weighted by Gasteiger charge is -2.20. The van der Waals surface area contributed by atoms with Gasteiger partial charge in [0.2, 0.25) is 5.91 Å². The second kappa shape index (κ2) is 7.92. The zero-order valence-corrected chi connectivity index (χ0v) is 14.6. The van der Waals surface area contributed by atoms with Gasteiger partial charge in [-0.05, 0) is 55.5 Å². The number of rotatable bonds is 6. The van der Waals surface area contributed by atoms with E-state index in [1.165, 1.54) is 0 Å². The van der Waals surface area contributed by atoms with Crippen molar-refractivity contribution in [1.29, 1.82) is 0 Å². The van der Waals surface area contributed by atoms with Crippen molar-refractivity contribution in [2.45, 2.75) is 27.3 Å². The summed E-state index contributed by atoms with van der Waals surface area (Å²) >= 11 is 1.63. The van der Waals surface area contributed by atoms with E-state index in [2.05, 4.69) is 5.32 Å². The highest BCUT2D eigenvalue weighted by Crippen LogP contribution is 2.12. The first-order chi connectivity index (χ1) is 11.0. The summed E-state index contributed by atoms with van der Waals surface area (Å²) in [6.45, 7) is 7.14. The molecular formula is C18H22N2O2S. The molecule has 0 aliphatic rings. The van der Waals surface area contributed by atoms with Crippen molar-refractivity contribution in [3.05, 3.63) is 57.3 Å². The fraction of sp³-hybridized carbons (Fsp3) is 0.333. The minimum atomic E-state index is -0.214. The van der Waals surface area contributed by atoms with Crippen molar-refractivity contribution in [3.63, 3.8) is 0 Å². The van der Waals surface area contributed by atoms with Crippen molar-refractivity contribution >= 4 is 23.2 Å². The summed E-state index contributed by atoms with van der Waals surface area (Å²) in [6, 6.07) is 9.53. The summed E-state index contributed by atoms with van der Waals surface area (Å²) in [6.07, 6.45) is 0. The van der Waals surface area contributed by atoms with Crippen molar-refractivity contribution in [3.8, 4) is 0 Å². The van der Waals surface area contributed by atoms with Gasteiger partial charge in [0.25, 0.3) is 5.91 Å². The molecule has 0 saturated heterocycles. The summed E-state index contributed by atoms with van der Waals surface area (Å²) in [5, 5.41) is 4.71. The molecule has 1 aromatic carbocycles. The maximum Gasteiger partial charge on any atom is 0.251 e. The van der Waals surface area contributed by atoms with E-state index < -0.39 is 0 Å². The lowest BCUT2D eigenvalue weighted by atomic mass is 10.1. The van der Waals surface area contributed by atoms with Gasteiger partial charge in [-0.25, -0.2) is 0 Å². The largest absolute Gasteiger partial charge is 0.343 e. The predicted molar refractivity (Wildman–Crippen MR) is 93.7 cm³/mol. The summed E-state index contributed by atoms with van der Waals surface area (Å²) in [5.41, 5.74) is 2.80. The van der Waals surface area contributed by atoms with Gasteiger partial charge >= 0.3 is 0 Å². The van der Waals surface area contributed by atoms with Crippen molar-refractivity contribution < 1.29 is 9.59 Å². The molecule has 0 bridgehead atoms. The molecule has 0 fully saturated rings. The molecule has 0 radical (unpaired) electrons. The van der Waals surface area contributed by atoms with Crippen LogP contribution in [0.1, 0.15) is 33.3 Å². The van der Waals surface area contributed by atoms with Crippen molar-refractivity contribution in [1.82, 2.24) is 10.2 Å². The Morgan fingerprint density at radius 2 is 1.96 bits per heavy atom. The second-order valence-corrected chi connectivity index (χ2v) is 6.50. The fourth-order valence-corrected chi connectivity index (χ4v) is 2.94. The third-order valence-electron chi connectivity index (χ3n) is 3.83. The van der Waals surface area contributed by atoms with Crippen LogP contribution in [0.5, 0.6) is 0 Å². The molecule has 0 unspecified atom stereocenters. The molecule has 23 heavy (non-hydrogen) atoms. The maximum atomic E-state index is 12.3. The minimum absolute atomic E-state index is 0.0188. The molecule has 1 heterocycles. The quantitative estimate of drug-likeness (QED) is 0.884. The molecule has 0 atom stereocenters. The first kappa shape index (κ1) is 17.2. The Kier molecular flexibility index (Phi) is 5.93. The lowest BCUT2D eigenvalue weighted by Crippen LogP contribution is -2.39. The van der Waals surface area contributed by atoms with Gasteiger partial charge in [-0.15, -0.1) is 11.3 Å². The number of amides is 2. The number of nitrogens with one attached hydrogen (secondary N) is 1. The zero-order valence-electron chi connectivity index (χ0n) is 13.8. The molecule has 2 rings (SSSR count). The monoisotopic (exact) mass is 330 g/mol. The van der Waals surface area contributed by atoms with Crippen LogP contribution in [0.3, 0.4) is 0 Å². The molecule has 1 N–H and O–H groups in total. The molecular weight excluding hydrogens is 308 g/mol. The normalized spacial score (nSPS) is 10.4. The molecule has 2 amide bonds. The van der Waals surface area contributed by atoms with E-state index in [4.69, 9.17) is 0 Å². The van der Waals surface area contributed by atoms with Crippen LogP contribution in [-0.4, -0.2) is 29.8 Å². The van der Waals surface area contributed by atoms with E-state index in [0.717, 1.165) is 16.0 Å². The molecule has 0 aliphatic carbocycles. The minimum Gasteiger partial charge on any atom is -0.343 e. The Hall–Kier alpha value is -2.14. The van der Waals surface area contributed by atoms with Gasteiger partial charge in [0.1, 0.15) is 0 Å². The summed E-state index contributed by atoms with van der Waals surface area (Å²) in [7, 11) is 0. The van der Waals surface area contributed by atoms with Crippen LogP contribution in [0.25, 0.3) is 0 Å². The number of carbonyl (C=O) groups is 2. The van der Waals surface area contributed by atoms with Gasteiger partial charge in [-0.2, -0.15) is 0 Å². The molecule has 0 saturated carbocycles. The average molecular weight is 330 g/mol. The van der Waals surface area contributed by atoms with Gasteiger partial charge in [0.15, 0.2) is 0 Å². The van der Waals surface area contributed by atoms with E-state index in [-0.39, 0.29) is 18.4 Å². The first-order valence-corrected chi connectivity index (χ1v) is 8.54. The van der Waals surface area contributed by atoms with Crippen LogP contribution in [0, 0.1) is 13.8 Å². The molecule has 0 spiro atoms. The molecule has 2 aromatic rings. The molecule has 4 nitrogen and oxygen atoms in total. The van der Waals surface area contributed by atoms with Gasteiger partial charge < -0.3 is 10.2 Å². The summed E-state index contributed by atoms with van der Waals surface area (Å²) < 4.78 is 0. The highest BCUT2D eigenvalue weighted by atomic mass is 32.1. The Morgan fingerprint density at radius 3 is 2.57 bits per heavy atom. The van der Waals surface area contributed by atoms with Crippen LogP contribution in [0.4, 0.5) is 0 Å². The van der Waals surface area contributed by atoms with Gasteiger partial charge in [-0.3, -0.25) is 9.59 Å². The predicted octanol–water partition coefficient (Wildman–Crippen LogP) is 3.14. The fourth-order valence-electron chi connectivity index (χ4n) is 2.22. The number of carbonyl (C=O) groups excluding carboxylic acids is 2. The van der Waals surface area contributed by atoms with E-state index >= 15 is 0 Å². The number of thiophene rings is 1. The number of likely N-dealkylation sites (N-methyl/N-ethyl adjacent to an activating group) is 1. The summed E-state index contributed by atoms with van der Waals surface area (Å²) in [4.78, 5) is 27.3. The van der Waals surface area contributed by atoms with E-state index in [0.29, 0.717) is 18.7 Å². The van der Waals surface area contributed by atoms with Gasteiger partial charge in [-0.1, -0.05) is 12.1 Å². The topological polar surface area (TPSA) is 49.4 Å². The van der Waals surface area contributed by atoms with Crippen molar-refractivity contribution in [2.24, 2.45) is 0 Å². The second-order valence-electron chi connectivity index (χ2n) is 5.47. The number of benzene rings is 1. The van der Waals surface area contributed by atoms with Crippen LogP contribution < -0.4 is 5.32 Å². The highest BCUT2D eigenvalue weighted by Gasteiger charge is 2.14. The number of aryl methyl sites for hydroxylation is 2. The summed E-state index contributed by atoms with van der Waals surface area (Å²) in [5.74, 6) is -0.285. The van der Waals surface area contributed by atoms with Crippen LogP contribution in [0.15, 0.2) is 35.7 Å². The Balaban J connectivity index is 1.91. The van der Waals surface area contributed by atoms with E-state index in [9.17, 15) is 9.59 Å². The van der Waals surface area contributed by atoms with E-state index in [1.807, 2.05) is 50.4 Å². The highest BCUT2D eigenvalue weighted by molar-refractivity contribution is 7.09.